The molecule has 1 aliphatic heterocycles. The molecule has 15 heteroatoms. The van der Waals surface area contributed by atoms with Gasteiger partial charge >= 0.3 is 11.9 Å². The van der Waals surface area contributed by atoms with Crippen molar-refractivity contribution in [2.24, 2.45) is 0 Å². The predicted octanol–water partition coefficient (Wildman–Crippen LogP) is 4.11. The number of rotatable bonds is 10. The average Bonchev–Trinajstić information content (AvgIpc) is 3.51. The Morgan fingerprint density at radius 3 is 2.56 bits per heavy atom. The van der Waals surface area contributed by atoms with Gasteiger partial charge in [0.2, 0.25) is 6.29 Å². The molecule has 12 nitrogen and oxygen atoms in total. The second-order valence-corrected chi connectivity index (χ2v) is 13.9. The fourth-order valence-corrected chi connectivity index (χ4v) is 6.81. The standard InChI is InChI=1S/C33H30Cl2N2O10S/c1-18(46-28(39)17-38)47-33(42)26(13-19-4-3-5-23(12-19)48(2,43)44)36-31(40)29-25(34)14-22-16-37(10-8-24(22)30(29)35)32(41)21-7-6-20-9-11-45-27(20)15-21/h3-7,9,11-12,14-15,18,26,38H,8,10,13,16-17H2,1-2H3,(H,36,40)/t18?,26-/m0/s1. The van der Waals surface area contributed by atoms with E-state index in [-0.39, 0.29) is 39.4 Å². The highest BCUT2D eigenvalue weighted by molar-refractivity contribution is 7.90. The maximum absolute atomic E-state index is 13.7. The van der Waals surface area contributed by atoms with Gasteiger partial charge in [0.15, 0.2) is 9.84 Å². The number of carbonyl (C=O) groups excluding carboxylic acids is 4. The van der Waals surface area contributed by atoms with Crippen molar-refractivity contribution in [1.29, 1.82) is 0 Å². The van der Waals surface area contributed by atoms with Crippen molar-refractivity contribution in [2.75, 3.05) is 19.4 Å². The van der Waals surface area contributed by atoms with Crippen LogP contribution in [0.3, 0.4) is 0 Å². The van der Waals surface area contributed by atoms with Gasteiger partial charge in [0, 0.05) is 43.6 Å². The third-order valence-corrected chi connectivity index (χ3v) is 9.51. The summed E-state index contributed by atoms with van der Waals surface area (Å²) < 4.78 is 39.7. The number of hydrogen-bond donors (Lipinski definition) is 2. The van der Waals surface area contributed by atoms with Gasteiger partial charge in [-0.2, -0.15) is 0 Å². The second-order valence-electron chi connectivity index (χ2n) is 11.1. The zero-order valence-electron chi connectivity index (χ0n) is 25.7. The van der Waals surface area contributed by atoms with E-state index in [0.29, 0.717) is 40.8 Å². The number of halogens is 2. The predicted molar refractivity (Wildman–Crippen MR) is 174 cm³/mol. The van der Waals surface area contributed by atoms with Crippen molar-refractivity contribution >= 4 is 67.8 Å². The van der Waals surface area contributed by atoms with E-state index in [1.54, 1.807) is 47.6 Å². The number of ether oxygens (including phenoxy) is 2. The molecule has 2 atom stereocenters. The van der Waals surface area contributed by atoms with Crippen LogP contribution in [0.25, 0.3) is 11.0 Å². The minimum absolute atomic E-state index is 0.00138. The SMILES string of the molecule is CC(OC(=O)CO)OC(=O)[C@H](Cc1cccc(S(C)(=O)=O)c1)NC(=O)c1c(Cl)cc2c(c1Cl)CCN(C(=O)c1ccc3ccoc3c1)C2. The molecule has 3 aromatic carbocycles. The summed E-state index contributed by atoms with van der Waals surface area (Å²) in [6, 6.07) is 12.9. The zero-order chi connectivity index (χ0) is 34.7. The first-order valence-corrected chi connectivity index (χ1v) is 17.3. The minimum atomic E-state index is -3.58. The lowest BCUT2D eigenvalue weighted by molar-refractivity contribution is -0.187. The molecule has 0 spiro atoms. The molecule has 0 saturated carbocycles. The topological polar surface area (TPSA) is 170 Å². The van der Waals surface area contributed by atoms with Crippen LogP contribution in [-0.2, 0) is 48.3 Å². The Balaban J connectivity index is 1.38. The molecule has 1 aromatic heterocycles. The van der Waals surface area contributed by atoms with Crippen LogP contribution in [-0.4, -0.2) is 73.9 Å². The highest BCUT2D eigenvalue weighted by Crippen LogP contribution is 2.35. The molecule has 5 rings (SSSR count). The molecular formula is C33H30Cl2N2O10S. The summed E-state index contributed by atoms with van der Waals surface area (Å²) in [5.41, 5.74) is 2.57. The first-order chi connectivity index (χ1) is 22.7. The van der Waals surface area contributed by atoms with Crippen LogP contribution < -0.4 is 5.32 Å². The Morgan fingerprint density at radius 2 is 1.83 bits per heavy atom. The molecular weight excluding hydrogens is 687 g/mol. The number of fused-ring (bicyclic) bond motifs is 2. The minimum Gasteiger partial charge on any atom is -0.464 e. The summed E-state index contributed by atoms with van der Waals surface area (Å²) in [5, 5.41) is 12.4. The summed E-state index contributed by atoms with van der Waals surface area (Å²) in [5.74, 6) is -3.09. The number of aliphatic hydroxyl groups is 1. The molecule has 2 amide bonds. The molecule has 48 heavy (non-hydrogen) atoms. The quantitative estimate of drug-likeness (QED) is 0.180. The molecule has 0 saturated heterocycles. The van der Waals surface area contributed by atoms with E-state index < -0.39 is 46.6 Å². The Morgan fingerprint density at radius 1 is 1.06 bits per heavy atom. The molecule has 1 aliphatic rings. The second kappa shape index (κ2) is 14.4. The van der Waals surface area contributed by atoms with E-state index in [1.165, 1.54) is 25.1 Å². The highest BCUT2D eigenvalue weighted by atomic mass is 35.5. The fourth-order valence-electron chi connectivity index (χ4n) is 5.36. The Hall–Kier alpha value is -4.43. The normalized spacial score (nSPS) is 14.1. The van der Waals surface area contributed by atoms with E-state index in [1.807, 2.05) is 0 Å². The maximum Gasteiger partial charge on any atom is 0.334 e. The number of aliphatic hydroxyl groups excluding tert-OH is 1. The van der Waals surface area contributed by atoms with Crippen LogP contribution in [0.5, 0.6) is 0 Å². The molecule has 0 bridgehead atoms. The van der Waals surface area contributed by atoms with Gasteiger partial charge in [-0.25, -0.2) is 18.0 Å². The number of benzene rings is 3. The number of hydrogen-bond acceptors (Lipinski definition) is 10. The summed E-state index contributed by atoms with van der Waals surface area (Å²) in [6.45, 7) is 0.791. The Kier molecular flexibility index (Phi) is 10.4. The third-order valence-electron chi connectivity index (χ3n) is 7.69. The van der Waals surface area contributed by atoms with Crippen LogP contribution in [0, 0.1) is 0 Å². The van der Waals surface area contributed by atoms with Gasteiger partial charge in [0.1, 0.15) is 18.2 Å². The van der Waals surface area contributed by atoms with Gasteiger partial charge in [0.25, 0.3) is 11.8 Å². The van der Waals surface area contributed by atoms with Gasteiger partial charge in [0.05, 0.1) is 26.8 Å². The number of furan rings is 1. The molecule has 0 fully saturated rings. The zero-order valence-corrected chi connectivity index (χ0v) is 28.0. The number of nitrogens with zero attached hydrogens (tertiary/aromatic N) is 1. The number of amides is 2. The molecule has 4 aromatic rings. The summed E-state index contributed by atoms with van der Waals surface area (Å²) >= 11 is 13.3. The van der Waals surface area contributed by atoms with Gasteiger partial charge in [-0.3, -0.25) is 9.59 Å². The highest BCUT2D eigenvalue weighted by Gasteiger charge is 2.31. The number of carbonyl (C=O) groups is 4. The average molecular weight is 718 g/mol. The van der Waals surface area contributed by atoms with Crippen LogP contribution in [0.1, 0.15) is 44.3 Å². The fraction of sp³-hybridized carbons (Fsp3) is 0.273. The third kappa shape index (κ3) is 7.81. The maximum atomic E-state index is 13.7. The first kappa shape index (κ1) is 34.9. The van der Waals surface area contributed by atoms with E-state index in [2.05, 4.69) is 5.32 Å². The van der Waals surface area contributed by atoms with E-state index in [4.69, 9.17) is 42.2 Å². The largest absolute Gasteiger partial charge is 0.464 e. The number of sulfone groups is 1. The van der Waals surface area contributed by atoms with Crippen molar-refractivity contribution < 1.29 is 46.6 Å². The van der Waals surface area contributed by atoms with E-state index in [0.717, 1.165) is 11.6 Å². The molecule has 2 heterocycles. The molecule has 1 unspecified atom stereocenters. The van der Waals surface area contributed by atoms with Crippen LogP contribution in [0.2, 0.25) is 10.0 Å². The van der Waals surface area contributed by atoms with Gasteiger partial charge < -0.3 is 29.2 Å². The smallest absolute Gasteiger partial charge is 0.334 e. The van der Waals surface area contributed by atoms with Crippen molar-refractivity contribution in [3.63, 3.8) is 0 Å². The summed E-state index contributed by atoms with van der Waals surface area (Å²) in [4.78, 5) is 53.3. The lowest BCUT2D eigenvalue weighted by Crippen LogP contribution is -2.45. The van der Waals surface area contributed by atoms with Crippen molar-refractivity contribution in [3.8, 4) is 0 Å². The van der Waals surface area contributed by atoms with E-state index in [9.17, 15) is 27.6 Å². The Bertz CT molecular complexity index is 2030. The van der Waals surface area contributed by atoms with Crippen LogP contribution >= 0.6 is 23.2 Å². The number of nitrogens with one attached hydrogen (secondary N) is 1. The lowest BCUT2D eigenvalue weighted by atomic mass is 9.95. The molecule has 252 valence electrons. The molecule has 0 aliphatic carbocycles. The summed E-state index contributed by atoms with van der Waals surface area (Å²) in [7, 11) is -3.58. The lowest BCUT2D eigenvalue weighted by Gasteiger charge is -2.30. The van der Waals surface area contributed by atoms with Crippen LogP contribution in [0.4, 0.5) is 0 Å². The first-order valence-electron chi connectivity index (χ1n) is 14.6. The van der Waals surface area contributed by atoms with Crippen molar-refractivity contribution in [2.45, 2.75) is 43.5 Å². The number of esters is 2. The van der Waals surface area contributed by atoms with Crippen molar-refractivity contribution in [1.82, 2.24) is 10.2 Å². The van der Waals surface area contributed by atoms with Crippen molar-refractivity contribution in [3.05, 3.63) is 98.7 Å². The van der Waals surface area contributed by atoms with Gasteiger partial charge in [-0.15, -0.1) is 0 Å². The van der Waals surface area contributed by atoms with Gasteiger partial charge in [-0.1, -0.05) is 41.4 Å². The molecule has 0 radical (unpaired) electrons. The molecule has 2 N–H and O–H groups in total. The van der Waals surface area contributed by atoms with Gasteiger partial charge in [-0.05, 0) is 59.5 Å². The van der Waals surface area contributed by atoms with Crippen LogP contribution in [0.15, 0.2) is 70.2 Å². The monoisotopic (exact) mass is 716 g/mol. The Labute approximate surface area is 285 Å². The summed E-state index contributed by atoms with van der Waals surface area (Å²) in [6.07, 6.45) is 1.27. The van der Waals surface area contributed by atoms with E-state index >= 15 is 0 Å².